The van der Waals surface area contributed by atoms with Crippen molar-refractivity contribution < 1.29 is 13.2 Å². The first-order valence-corrected chi connectivity index (χ1v) is 13.6. The Hall–Kier alpha value is -1.94. The van der Waals surface area contributed by atoms with E-state index in [-0.39, 0.29) is 10.8 Å². The molecule has 31 heavy (non-hydrogen) atoms. The molecule has 0 saturated carbocycles. The van der Waals surface area contributed by atoms with E-state index in [1.165, 1.54) is 12.1 Å². The SMILES string of the molecule is CSc1nc2ccc(NC(=O)c3ccc(S(=O)(=O)N4C[C@@H](C)C[C@H](C)C4)cc3)cc2s1. The fourth-order valence-electron chi connectivity index (χ4n) is 4.00. The normalized spacial score (nSPS) is 20.1. The molecule has 3 aromatic rings. The predicted molar refractivity (Wildman–Crippen MR) is 128 cm³/mol. The van der Waals surface area contributed by atoms with Crippen LogP contribution in [-0.4, -0.2) is 43.0 Å². The molecule has 0 bridgehead atoms. The monoisotopic (exact) mass is 475 g/mol. The van der Waals surface area contributed by atoms with Crippen molar-refractivity contribution >= 4 is 54.9 Å². The second-order valence-electron chi connectivity index (χ2n) is 8.11. The van der Waals surface area contributed by atoms with Gasteiger partial charge in [-0.3, -0.25) is 4.79 Å². The number of nitrogens with one attached hydrogen (secondary N) is 1. The van der Waals surface area contributed by atoms with E-state index in [1.807, 2.05) is 24.5 Å². The van der Waals surface area contributed by atoms with Crippen LogP contribution in [0.4, 0.5) is 5.69 Å². The van der Waals surface area contributed by atoms with Gasteiger partial charge in [0.1, 0.15) is 0 Å². The Labute approximate surface area is 191 Å². The third-order valence-corrected chi connectivity index (χ3v) is 9.24. The Morgan fingerprint density at radius 1 is 1.13 bits per heavy atom. The third-order valence-electron chi connectivity index (χ3n) is 5.39. The Morgan fingerprint density at radius 3 is 2.45 bits per heavy atom. The molecule has 2 aromatic carbocycles. The van der Waals surface area contributed by atoms with Crippen molar-refractivity contribution in [1.82, 2.24) is 9.29 Å². The number of hydrogen-bond acceptors (Lipinski definition) is 6. The van der Waals surface area contributed by atoms with Crippen LogP contribution in [0.5, 0.6) is 0 Å². The van der Waals surface area contributed by atoms with Crippen LogP contribution in [0.25, 0.3) is 10.2 Å². The second kappa shape index (κ2) is 8.90. The summed E-state index contributed by atoms with van der Waals surface area (Å²) >= 11 is 3.17. The van der Waals surface area contributed by atoms with E-state index >= 15 is 0 Å². The van der Waals surface area contributed by atoms with Gasteiger partial charge >= 0.3 is 0 Å². The second-order valence-corrected chi connectivity index (χ2v) is 12.1. The summed E-state index contributed by atoms with van der Waals surface area (Å²) in [4.78, 5) is 17.4. The van der Waals surface area contributed by atoms with Gasteiger partial charge in [0.25, 0.3) is 5.91 Å². The van der Waals surface area contributed by atoms with Crippen LogP contribution in [0.2, 0.25) is 0 Å². The Balaban J connectivity index is 1.49. The van der Waals surface area contributed by atoms with Crippen LogP contribution in [-0.2, 0) is 10.0 Å². The number of fused-ring (bicyclic) bond motifs is 1. The highest BCUT2D eigenvalue weighted by Crippen LogP contribution is 2.30. The maximum Gasteiger partial charge on any atom is 0.255 e. The Bertz CT molecular complexity index is 1200. The predicted octanol–water partition coefficient (Wildman–Crippen LogP) is 4.94. The number of thioether (sulfide) groups is 1. The van der Waals surface area contributed by atoms with Crippen LogP contribution < -0.4 is 5.32 Å². The summed E-state index contributed by atoms with van der Waals surface area (Å²) < 4.78 is 29.6. The van der Waals surface area contributed by atoms with Crippen molar-refractivity contribution in [2.24, 2.45) is 11.8 Å². The van der Waals surface area contributed by atoms with Crippen LogP contribution >= 0.6 is 23.1 Å². The van der Waals surface area contributed by atoms with E-state index in [1.54, 1.807) is 39.5 Å². The van der Waals surface area contributed by atoms with Crippen LogP contribution in [0.15, 0.2) is 51.7 Å². The van der Waals surface area contributed by atoms with Crippen LogP contribution in [0.1, 0.15) is 30.6 Å². The number of sulfonamides is 1. The molecule has 9 heteroatoms. The lowest BCUT2D eigenvalue weighted by Crippen LogP contribution is -2.42. The maximum atomic E-state index is 13.0. The van der Waals surface area contributed by atoms with Crippen molar-refractivity contribution in [3.63, 3.8) is 0 Å². The number of carbonyl (C=O) groups excluding carboxylic acids is 1. The molecular formula is C22H25N3O3S3. The first-order chi connectivity index (χ1) is 14.8. The van der Waals surface area contributed by atoms with Gasteiger partial charge < -0.3 is 5.32 Å². The first kappa shape index (κ1) is 22.3. The number of piperidine rings is 1. The van der Waals surface area contributed by atoms with Crippen molar-refractivity contribution in [2.45, 2.75) is 29.5 Å². The number of thiazole rings is 1. The highest BCUT2D eigenvalue weighted by Gasteiger charge is 2.31. The minimum atomic E-state index is -3.56. The topological polar surface area (TPSA) is 79.4 Å². The lowest BCUT2D eigenvalue weighted by atomic mass is 9.94. The number of hydrogen-bond donors (Lipinski definition) is 1. The number of carbonyl (C=O) groups is 1. The summed E-state index contributed by atoms with van der Waals surface area (Å²) in [5.74, 6) is 0.399. The van der Waals surface area contributed by atoms with E-state index in [0.29, 0.717) is 36.2 Å². The standard InChI is InChI=1S/C22H25N3O3S3/c1-14-10-15(2)13-25(12-14)31(27,28)18-7-4-16(5-8-18)21(26)23-17-6-9-19-20(11-17)30-22(24-19)29-3/h4-9,11,14-15H,10,12-13H2,1-3H3,(H,23,26)/t14-,15-/m0/s1. The summed E-state index contributed by atoms with van der Waals surface area (Å²) in [6.45, 7) is 5.23. The van der Waals surface area contributed by atoms with Gasteiger partial charge in [-0.15, -0.1) is 11.3 Å². The van der Waals surface area contributed by atoms with Gasteiger partial charge in [-0.05, 0) is 67.0 Å². The van der Waals surface area contributed by atoms with E-state index in [4.69, 9.17) is 0 Å². The summed E-state index contributed by atoms with van der Waals surface area (Å²) in [6.07, 6.45) is 3.02. The molecule has 0 unspecified atom stereocenters. The number of anilines is 1. The quantitative estimate of drug-likeness (QED) is 0.529. The molecule has 0 spiro atoms. The number of amides is 1. The van der Waals surface area contributed by atoms with Crippen LogP contribution in [0, 0.1) is 11.8 Å². The highest BCUT2D eigenvalue weighted by atomic mass is 32.2. The van der Waals surface area contributed by atoms with Gasteiger partial charge in [0, 0.05) is 24.3 Å². The molecule has 0 radical (unpaired) electrons. The van der Waals surface area contributed by atoms with Crippen LogP contribution in [0.3, 0.4) is 0 Å². The zero-order valence-electron chi connectivity index (χ0n) is 17.7. The molecule has 2 heterocycles. The fraction of sp³-hybridized carbons (Fsp3) is 0.364. The number of rotatable bonds is 5. The average Bonchev–Trinajstić information content (AvgIpc) is 3.15. The Morgan fingerprint density at radius 2 is 1.81 bits per heavy atom. The zero-order chi connectivity index (χ0) is 22.2. The summed E-state index contributed by atoms with van der Waals surface area (Å²) in [7, 11) is -3.56. The Kier molecular flexibility index (Phi) is 6.39. The smallest absolute Gasteiger partial charge is 0.255 e. The molecule has 1 amide bonds. The molecule has 1 aliphatic heterocycles. The number of aromatic nitrogens is 1. The maximum absolute atomic E-state index is 13.0. The third kappa shape index (κ3) is 4.79. The van der Waals surface area contributed by atoms with Gasteiger partial charge in [0.2, 0.25) is 10.0 Å². The van der Waals surface area contributed by atoms with E-state index < -0.39 is 10.0 Å². The minimum Gasteiger partial charge on any atom is -0.322 e. The molecule has 2 atom stereocenters. The average molecular weight is 476 g/mol. The fourth-order valence-corrected chi connectivity index (χ4v) is 7.21. The molecule has 0 aliphatic carbocycles. The lowest BCUT2D eigenvalue weighted by molar-refractivity contribution is 0.102. The highest BCUT2D eigenvalue weighted by molar-refractivity contribution is 8.00. The molecule has 1 aliphatic rings. The lowest BCUT2D eigenvalue weighted by Gasteiger charge is -2.34. The molecule has 1 saturated heterocycles. The van der Waals surface area contributed by atoms with E-state index in [2.05, 4.69) is 24.1 Å². The summed E-state index contributed by atoms with van der Waals surface area (Å²) in [5.41, 5.74) is 2.00. The molecule has 164 valence electrons. The first-order valence-electron chi connectivity index (χ1n) is 10.1. The number of nitrogens with zero attached hydrogens (tertiary/aromatic N) is 2. The van der Waals surface area contributed by atoms with Crippen molar-refractivity contribution in [3.05, 3.63) is 48.0 Å². The van der Waals surface area contributed by atoms with Gasteiger partial charge in [0.15, 0.2) is 4.34 Å². The van der Waals surface area contributed by atoms with Gasteiger partial charge in [-0.2, -0.15) is 4.31 Å². The summed E-state index contributed by atoms with van der Waals surface area (Å²) in [6, 6.07) is 11.8. The molecule has 6 nitrogen and oxygen atoms in total. The van der Waals surface area contributed by atoms with E-state index in [9.17, 15) is 13.2 Å². The molecule has 1 fully saturated rings. The van der Waals surface area contributed by atoms with Crippen molar-refractivity contribution in [1.29, 1.82) is 0 Å². The van der Waals surface area contributed by atoms with Gasteiger partial charge in [-0.1, -0.05) is 25.6 Å². The van der Waals surface area contributed by atoms with Crippen molar-refractivity contribution in [3.8, 4) is 0 Å². The van der Waals surface area contributed by atoms with Crippen molar-refractivity contribution in [2.75, 3.05) is 24.7 Å². The molecule has 1 N–H and O–H groups in total. The van der Waals surface area contributed by atoms with Gasteiger partial charge in [0.05, 0.1) is 15.1 Å². The minimum absolute atomic E-state index is 0.223. The molecular weight excluding hydrogens is 450 g/mol. The van der Waals surface area contributed by atoms with Gasteiger partial charge in [-0.25, -0.2) is 13.4 Å². The number of benzene rings is 2. The zero-order valence-corrected chi connectivity index (χ0v) is 20.1. The molecule has 1 aromatic heterocycles. The molecule has 4 rings (SSSR count). The van der Waals surface area contributed by atoms with E-state index in [0.717, 1.165) is 21.0 Å². The summed E-state index contributed by atoms with van der Waals surface area (Å²) in [5, 5.41) is 2.88. The largest absolute Gasteiger partial charge is 0.322 e.